The molecular weight excluding hydrogens is 406 g/mol. The van der Waals surface area contributed by atoms with Crippen LogP contribution in [0.25, 0.3) is 0 Å². The second kappa shape index (κ2) is 7.61. The first-order valence-electron chi connectivity index (χ1n) is 7.93. The number of methoxy groups -OCH3 is 1. The molecule has 1 aromatic carbocycles. The maximum Gasteiger partial charge on any atom is 0.257 e. The van der Waals surface area contributed by atoms with Crippen LogP contribution in [0.4, 0.5) is 5.82 Å². The van der Waals surface area contributed by atoms with Crippen molar-refractivity contribution in [2.45, 2.75) is 30.8 Å². The molecule has 0 radical (unpaired) electrons. The number of carbonyl (C=O) groups is 1. The maximum absolute atomic E-state index is 12.7. The van der Waals surface area contributed by atoms with Gasteiger partial charge in [-0.25, -0.2) is 4.98 Å². The molecule has 8 heteroatoms. The van der Waals surface area contributed by atoms with Crippen LogP contribution in [0.5, 0.6) is 5.75 Å². The zero-order valence-corrected chi connectivity index (χ0v) is 16.3. The highest BCUT2D eigenvalue weighted by molar-refractivity contribution is 9.10. The molecule has 1 atom stereocenters. The molecule has 6 nitrogen and oxygen atoms in total. The van der Waals surface area contributed by atoms with Crippen molar-refractivity contribution in [3.63, 3.8) is 0 Å². The van der Waals surface area contributed by atoms with Crippen molar-refractivity contribution < 1.29 is 9.53 Å². The van der Waals surface area contributed by atoms with Crippen molar-refractivity contribution in [3.8, 4) is 5.75 Å². The van der Waals surface area contributed by atoms with Crippen molar-refractivity contribution in [1.82, 2.24) is 9.97 Å². The third-order valence-corrected chi connectivity index (χ3v) is 5.51. The lowest BCUT2D eigenvalue weighted by Gasteiger charge is -2.25. The Labute approximate surface area is 157 Å². The number of thioether (sulfide) groups is 1. The van der Waals surface area contributed by atoms with Gasteiger partial charge in [-0.05, 0) is 24.6 Å². The fraction of sp³-hybridized carbons (Fsp3) is 0.353. The van der Waals surface area contributed by atoms with E-state index in [0.717, 1.165) is 22.2 Å². The van der Waals surface area contributed by atoms with E-state index >= 15 is 0 Å². The first-order valence-corrected chi connectivity index (χ1v) is 9.71. The van der Waals surface area contributed by atoms with Gasteiger partial charge in [0.1, 0.15) is 11.6 Å². The second-order valence-electron chi connectivity index (χ2n) is 5.67. The molecule has 0 bridgehead atoms. The van der Waals surface area contributed by atoms with Crippen LogP contribution in [0.2, 0.25) is 0 Å². The zero-order valence-electron chi connectivity index (χ0n) is 13.9. The normalized spacial score (nSPS) is 16.3. The van der Waals surface area contributed by atoms with Crippen molar-refractivity contribution in [1.29, 1.82) is 0 Å². The average molecular weight is 424 g/mol. The molecule has 0 aliphatic carbocycles. The molecule has 0 spiro atoms. The molecule has 1 aromatic heterocycles. The van der Waals surface area contributed by atoms with Gasteiger partial charge < -0.3 is 15.0 Å². The lowest BCUT2D eigenvalue weighted by atomic mass is 9.86. The average Bonchev–Trinajstić information content (AvgIpc) is 2.58. The summed E-state index contributed by atoms with van der Waals surface area (Å²) in [6.07, 6.45) is 1.14. The molecule has 132 valence electrons. The Hall–Kier alpha value is -1.80. The van der Waals surface area contributed by atoms with Gasteiger partial charge >= 0.3 is 0 Å². The van der Waals surface area contributed by atoms with Crippen molar-refractivity contribution >= 4 is 39.4 Å². The van der Waals surface area contributed by atoms with Crippen LogP contribution in [0.15, 0.2) is 32.6 Å². The number of fused-ring (bicyclic) bond motifs is 1. The van der Waals surface area contributed by atoms with E-state index in [1.807, 2.05) is 18.2 Å². The Balaban J connectivity index is 2.12. The number of amides is 1. The molecule has 0 saturated carbocycles. The summed E-state index contributed by atoms with van der Waals surface area (Å²) in [6.45, 7) is 2.06. The van der Waals surface area contributed by atoms with Gasteiger partial charge in [-0.1, -0.05) is 34.6 Å². The van der Waals surface area contributed by atoms with Gasteiger partial charge in [0.15, 0.2) is 5.16 Å². The highest BCUT2D eigenvalue weighted by Gasteiger charge is 2.32. The van der Waals surface area contributed by atoms with E-state index in [4.69, 9.17) is 4.74 Å². The quantitative estimate of drug-likeness (QED) is 0.567. The Morgan fingerprint density at radius 2 is 2.20 bits per heavy atom. The molecule has 1 amide bonds. The number of hydrogen-bond donors (Lipinski definition) is 2. The van der Waals surface area contributed by atoms with Crippen LogP contribution in [0.3, 0.4) is 0 Å². The fourth-order valence-electron chi connectivity index (χ4n) is 2.86. The first kappa shape index (κ1) is 18.0. The van der Waals surface area contributed by atoms with E-state index in [1.165, 1.54) is 11.8 Å². The Morgan fingerprint density at radius 3 is 2.92 bits per heavy atom. The summed E-state index contributed by atoms with van der Waals surface area (Å²) in [7, 11) is 1.57. The minimum Gasteiger partial charge on any atom is -0.496 e. The third-order valence-electron chi connectivity index (χ3n) is 3.94. The predicted octanol–water partition coefficient (Wildman–Crippen LogP) is 3.52. The Morgan fingerprint density at radius 1 is 1.40 bits per heavy atom. The summed E-state index contributed by atoms with van der Waals surface area (Å²) in [6, 6.07) is 5.56. The summed E-state index contributed by atoms with van der Waals surface area (Å²) < 4.78 is 6.29. The first-order chi connectivity index (χ1) is 12.0. The van der Waals surface area contributed by atoms with E-state index < -0.39 is 5.92 Å². The number of benzene rings is 1. The Bertz CT molecular complexity index is 869. The van der Waals surface area contributed by atoms with Gasteiger partial charge in [-0.2, -0.15) is 0 Å². The lowest BCUT2D eigenvalue weighted by molar-refractivity contribution is -0.116. The molecule has 1 unspecified atom stereocenters. The van der Waals surface area contributed by atoms with E-state index in [2.05, 4.69) is 38.1 Å². The number of rotatable bonds is 5. The molecule has 0 fully saturated rings. The number of ether oxygens (including phenoxy) is 1. The number of anilines is 1. The summed E-state index contributed by atoms with van der Waals surface area (Å²) >= 11 is 4.91. The standard InChI is InChI=1S/C17H18BrN3O3S/c1-3-6-25-17-20-15-14(16(23)21-17)11(8-13(22)19-15)10-7-9(18)4-5-12(10)24-2/h4-5,7,11H,3,6,8H2,1-2H3,(H2,19,20,21,22,23). The molecule has 1 aliphatic heterocycles. The lowest BCUT2D eigenvalue weighted by Crippen LogP contribution is -2.31. The van der Waals surface area contributed by atoms with Crippen LogP contribution >= 0.6 is 27.7 Å². The number of nitrogens with zero attached hydrogens (tertiary/aromatic N) is 1. The summed E-state index contributed by atoms with van der Waals surface area (Å²) in [5.41, 5.74) is 1.03. The minimum atomic E-state index is -0.405. The number of carbonyl (C=O) groups excluding carboxylic acids is 1. The van der Waals surface area contributed by atoms with Gasteiger partial charge in [0.25, 0.3) is 5.56 Å². The van der Waals surface area contributed by atoms with E-state index in [1.54, 1.807) is 7.11 Å². The van der Waals surface area contributed by atoms with Gasteiger partial charge in [-0.15, -0.1) is 0 Å². The molecule has 2 aromatic rings. The Kier molecular flexibility index (Phi) is 5.48. The minimum absolute atomic E-state index is 0.163. The van der Waals surface area contributed by atoms with Crippen molar-refractivity contribution in [2.24, 2.45) is 0 Å². The number of H-pyrrole nitrogens is 1. The smallest absolute Gasteiger partial charge is 0.257 e. The predicted molar refractivity (Wildman–Crippen MR) is 102 cm³/mol. The number of nitrogens with one attached hydrogen (secondary N) is 2. The van der Waals surface area contributed by atoms with Gasteiger partial charge in [0, 0.05) is 28.1 Å². The van der Waals surface area contributed by atoms with Crippen LogP contribution in [0.1, 0.15) is 36.8 Å². The monoisotopic (exact) mass is 423 g/mol. The highest BCUT2D eigenvalue weighted by Crippen LogP contribution is 2.39. The van der Waals surface area contributed by atoms with Gasteiger partial charge in [0.05, 0.1) is 12.7 Å². The molecule has 2 N–H and O–H groups in total. The molecule has 3 rings (SSSR count). The van der Waals surface area contributed by atoms with E-state index in [0.29, 0.717) is 22.3 Å². The summed E-state index contributed by atoms with van der Waals surface area (Å²) in [5.74, 6) is 1.25. The molecular formula is C17H18BrN3O3S. The molecule has 2 heterocycles. The summed E-state index contributed by atoms with van der Waals surface area (Å²) in [5, 5.41) is 3.25. The number of aromatic amines is 1. The topological polar surface area (TPSA) is 84.1 Å². The van der Waals surface area contributed by atoms with Crippen LogP contribution < -0.4 is 15.6 Å². The van der Waals surface area contributed by atoms with E-state index in [9.17, 15) is 9.59 Å². The zero-order chi connectivity index (χ0) is 18.0. The SMILES string of the molecule is CCCSc1nc2c(c(=O)[nH]1)C(c1cc(Br)ccc1OC)CC(=O)N2. The molecule has 25 heavy (non-hydrogen) atoms. The third kappa shape index (κ3) is 3.74. The number of hydrogen-bond acceptors (Lipinski definition) is 5. The fourth-order valence-corrected chi connectivity index (χ4v) is 3.96. The van der Waals surface area contributed by atoms with Crippen LogP contribution in [0, 0.1) is 0 Å². The van der Waals surface area contributed by atoms with E-state index in [-0.39, 0.29) is 17.9 Å². The van der Waals surface area contributed by atoms with Gasteiger partial charge in [0.2, 0.25) is 5.91 Å². The number of halogens is 1. The summed E-state index contributed by atoms with van der Waals surface area (Å²) in [4.78, 5) is 32.2. The largest absolute Gasteiger partial charge is 0.496 e. The molecule has 1 aliphatic rings. The van der Waals surface area contributed by atoms with Crippen LogP contribution in [-0.4, -0.2) is 28.7 Å². The second-order valence-corrected chi connectivity index (χ2v) is 7.67. The highest BCUT2D eigenvalue weighted by atomic mass is 79.9. The van der Waals surface area contributed by atoms with Gasteiger partial charge in [-0.3, -0.25) is 9.59 Å². The van der Waals surface area contributed by atoms with Crippen LogP contribution in [-0.2, 0) is 4.79 Å². The maximum atomic E-state index is 12.7. The van der Waals surface area contributed by atoms with Crippen molar-refractivity contribution in [3.05, 3.63) is 44.2 Å². The van der Waals surface area contributed by atoms with Crippen molar-refractivity contribution in [2.75, 3.05) is 18.2 Å². The number of aromatic nitrogens is 2. The molecule has 0 saturated heterocycles.